The lowest BCUT2D eigenvalue weighted by molar-refractivity contribution is 0.0937. The molecule has 4 aromatic carbocycles. The minimum Gasteiger partial charge on any atom is -0.410 e. The zero-order chi connectivity index (χ0) is 25.3. The summed E-state index contributed by atoms with van der Waals surface area (Å²) in [7, 11) is 8.11. The number of hydrogen-bond donors (Lipinski definition) is 0. The quantitative estimate of drug-likeness (QED) is 0.335. The van der Waals surface area contributed by atoms with Crippen molar-refractivity contribution >= 4 is 17.5 Å². The molecule has 0 N–H and O–H groups in total. The van der Waals surface area contributed by atoms with Crippen molar-refractivity contribution in [1.82, 2.24) is 4.90 Å². The lowest BCUT2D eigenvalue weighted by Gasteiger charge is -2.48. The summed E-state index contributed by atoms with van der Waals surface area (Å²) in [6, 6.07) is 34.9. The molecular formula is C31H31N3O2. The SMILES string of the molecule is CN(C)c1ccc(C2(c3ccc(N(C)C)cc3)c3ccccc3OC(=O)N2Cc2ccccc2)cc1. The number of hydrogen-bond acceptors (Lipinski definition) is 4. The number of anilines is 2. The van der Waals surface area contributed by atoms with Gasteiger partial charge in [-0.25, -0.2) is 4.79 Å². The maximum Gasteiger partial charge on any atom is 0.416 e. The largest absolute Gasteiger partial charge is 0.416 e. The normalized spacial score (nSPS) is 14.1. The predicted octanol–water partition coefficient (Wildman–Crippen LogP) is 6.13. The number of fused-ring (bicyclic) bond motifs is 1. The third kappa shape index (κ3) is 3.97. The van der Waals surface area contributed by atoms with Gasteiger partial charge in [-0.1, -0.05) is 72.8 Å². The van der Waals surface area contributed by atoms with Gasteiger partial charge < -0.3 is 14.5 Å². The fraction of sp³-hybridized carbons (Fsp3) is 0.194. The number of rotatable bonds is 6. The maximum atomic E-state index is 13.8. The first-order valence-corrected chi connectivity index (χ1v) is 12.1. The van der Waals surface area contributed by atoms with E-state index in [1.807, 2.05) is 81.6 Å². The summed E-state index contributed by atoms with van der Waals surface area (Å²) in [6.07, 6.45) is -0.370. The zero-order valence-electron chi connectivity index (χ0n) is 21.2. The maximum absolute atomic E-state index is 13.8. The van der Waals surface area contributed by atoms with E-state index in [0.717, 1.165) is 33.6 Å². The molecule has 1 aliphatic rings. The second-order valence-electron chi connectivity index (χ2n) is 9.53. The van der Waals surface area contributed by atoms with E-state index in [2.05, 4.69) is 64.4 Å². The molecule has 5 nitrogen and oxygen atoms in total. The van der Waals surface area contributed by atoms with Crippen LogP contribution < -0.4 is 14.5 Å². The first-order valence-electron chi connectivity index (χ1n) is 12.1. The molecule has 5 heteroatoms. The Balaban J connectivity index is 1.81. The fourth-order valence-electron chi connectivity index (χ4n) is 5.03. The number of nitrogens with zero attached hydrogens (tertiary/aromatic N) is 3. The number of carbonyl (C=O) groups excluding carboxylic acids is 1. The van der Waals surface area contributed by atoms with Gasteiger partial charge in [-0.2, -0.15) is 0 Å². The minimum absolute atomic E-state index is 0.370. The van der Waals surface area contributed by atoms with Crippen LogP contribution in [0.4, 0.5) is 16.2 Å². The van der Waals surface area contributed by atoms with Crippen LogP contribution in [0, 0.1) is 0 Å². The molecule has 0 radical (unpaired) electrons. The average molecular weight is 478 g/mol. The number of benzene rings is 4. The summed E-state index contributed by atoms with van der Waals surface area (Å²) in [5, 5.41) is 0. The van der Waals surface area contributed by atoms with E-state index in [9.17, 15) is 4.79 Å². The molecular weight excluding hydrogens is 446 g/mol. The van der Waals surface area contributed by atoms with Gasteiger partial charge in [0.25, 0.3) is 0 Å². The van der Waals surface area contributed by atoms with Gasteiger partial charge in [0.05, 0.1) is 6.54 Å². The van der Waals surface area contributed by atoms with Crippen molar-refractivity contribution in [2.75, 3.05) is 38.0 Å². The topological polar surface area (TPSA) is 36.0 Å². The lowest BCUT2D eigenvalue weighted by atomic mass is 9.74. The van der Waals surface area contributed by atoms with E-state index in [1.54, 1.807) is 0 Å². The zero-order valence-corrected chi connectivity index (χ0v) is 21.2. The van der Waals surface area contributed by atoms with Gasteiger partial charge in [0.2, 0.25) is 0 Å². The van der Waals surface area contributed by atoms with Gasteiger partial charge in [-0.05, 0) is 47.0 Å². The first kappa shape index (κ1) is 23.5. The Labute approximate surface area is 213 Å². The van der Waals surface area contributed by atoms with Crippen molar-refractivity contribution in [3.63, 3.8) is 0 Å². The van der Waals surface area contributed by atoms with E-state index < -0.39 is 5.54 Å². The number of para-hydroxylation sites is 1. The van der Waals surface area contributed by atoms with E-state index in [1.165, 1.54) is 0 Å². The van der Waals surface area contributed by atoms with E-state index >= 15 is 0 Å². The van der Waals surface area contributed by atoms with Crippen LogP contribution >= 0.6 is 0 Å². The van der Waals surface area contributed by atoms with Crippen molar-refractivity contribution in [3.05, 3.63) is 125 Å². The van der Waals surface area contributed by atoms with Gasteiger partial charge in [-0.3, -0.25) is 4.90 Å². The van der Waals surface area contributed by atoms with Gasteiger partial charge in [0, 0.05) is 45.1 Å². The molecule has 182 valence electrons. The molecule has 0 aliphatic carbocycles. The van der Waals surface area contributed by atoms with E-state index in [4.69, 9.17) is 4.74 Å². The predicted molar refractivity (Wildman–Crippen MR) is 146 cm³/mol. The second kappa shape index (κ2) is 9.42. The van der Waals surface area contributed by atoms with Gasteiger partial charge in [0.1, 0.15) is 11.3 Å². The number of ether oxygens (including phenoxy) is 1. The first-order chi connectivity index (χ1) is 17.4. The van der Waals surface area contributed by atoms with E-state index in [-0.39, 0.29) is 6.09 Å². The van der Waals surface area contributed by atoms with Crippen molar-refractivity contribution < 1.29 is 9.53 Å². The molecule has 0 fully saturated rings. The Morgan fingerprint density at radius 3 is 1.69 bits per heavy atom. The van der Waals surface area contributed by atoms with Crippen LogP contribution in [0.15, 0.2) is 103 Å². The summed E-state index contributed by atoms with van der Waals surface area (Å²) in [5.74, 6) is 0.584. The minimum atomic E-state index is -0.878. The number of carbonyl (C=O) groups is 1. The summed E-state index contributed by atoms with van der Waals surface area (Å²) in [5.41, 5.74) is 5.30. The molecule has 0 aromatic heterocycles. The highest BCUT2D eigenvalue weighted by molar-refractivity contribution is 5.79. The van der Waals surface area contributed by atoms with Crippen LogP contribution in [0.5, 0.6) is 5.75 Å². The molecule has 5 rings (SSSR count). The van der Waals surface area contributed by atoms with Gasteiger partial charge in [0.15, 0.2) is 0 Å². The Hall–Kier alpha value is -4.25. The summed E-state index contributed by atoms with van der Waals surface area (Å²) < 4.78 is 5.91. The van der Waals surface area contributed by atoms with Crippen molar-refractivity contribution in [2.24, 2.45) is 0 Å². The Morgan fingerprint density at radius 2 is 1.17 bits per heavy atom. The van der Waals surface area contributed by atoms with Gasteiger partial charge in [-0.15, -0.1) is 0 Å². The Kier molecular flexibility index (Phi) is 6.15. The third-order valence-electron chi connectivity index (χ3n) is 6.89. The smallest absolute Gasteiger partial charge is 0.410 e. The lowest BCUT2D eigenvalue weighted by Crippen LogP contribution is -2.54. The summed E-state index contributed by atoms with van der Waals surface area (Å²) in [6.45, 7) is 0.402. The molecule has 4 aromatic rings. The van der Waals surface area contributed by atoms with Crippen molar-refractivity contribution in [1.29, 1.82) is 0 Å². The monoisotopic (exact) mass is 477 g/mol. The molecule has 0 unspecified atom stereocenters. The highest BCUT2D eigenvalue weighted by atomic mass is 16.6. The van der Waals surface area contributed by atoms with Crippen LogP contribution in [0.2, 0.25) is 0 Å². The van der Waals surface area contributed by atoms with Crippen LogP contribution in [-0.2, 0) is 12.1 Å². The fourth-order valence-corrected chi connectivity index (χ4v) is 5.03. The highest BCUT2D eigenvalue weighted by Gasteiger charge is 2.50. The van der Waals surface area contributed by atoms with Crippen LogP contribution in [0.1, 0.15) is 22.3 Å². The third-order valence-corrected chi connectivity index (χ3v) is 6.89. The van der Waals surface area contributed by atoms with Gasteiger partial charge >= 0.3 is 6.09 Å². The van der Waals surface area contributed by atoms with Crippen molar-refractivity contribution in [2.45, 2.75) is 12.1 Å². The summed E-state index contributed by atoms with van der Waals surface area (Å²) in [4.78, 5) is 19.8. The highest BCUT2D eigenvalue weighted by Crippen LogP contribution is 2.50. The summed E-state index contributed by atoms with van der Waals surface area (Å²) >= 11 is 0. The molecule has 0 spiro atoms. The molecule has 1 heterocycles. The molecule has 1 aliphatic heterocycles. The Bertz CT molecular complexity index is 1300. The standard InChI is InChI=1S/C31H31N3O2/c1-32(2)26-18-14-24(15-19-26)31(25-16-20-27(21-17-25)33(3)4)28-12-8-9-13-29(28)36-30(35)34(31)22-23-10-6-5-7-11-23/h5-21H,22H2,1-4H3. The Morgan fingerprint density at radius 1 is 0.667 bits per heavy atom. The molecule has 36 heavy (non-hydrogen) atoms. The van der Waals surface area contributed by atoms with Crippen LogP contribution in [-0.4, -0.2) is 39.2 Å². The van der Waals surface area contributed by atoms with Crippen LogP contribution in [0.25, 0.3) is 0 Å². The average Bonchev–Trinajstić information content (AvgIpc) is 2.90. The second-order valence-corrected chi connectivity index (χ2v) is 9.53. The molecule has 0 saturated heterocycles. The number of amides is 1. The van der Waals surface area contributed by atoms with Crippen molar-refractivity contribution in [3.8, 4) is 5.75 Å². The molecule has 1 amide bonds. The van der Waals surface area contributed by atoms with Crippen LogP contribution in [0.3, 0.4) is 0 Å². The molecule has 0 bridgehead atoms. The molecule has 0 atom stereocenters. The van der Waals surface area contributed by atoms with E-state index in [0.29, 0.717) is 12.3 Å². The molecule has 0 saturated carbocycles.